The maximum Gasteiger partial charge on any atom is 0.236 e. The summed E-state index contributed by atoms with van der Waals surface area (Å²) in [7, 11) is 1.85. The van der Waals surface area contributed by atoms with E-state index in [2.05, 4.69) is 5.32 Å². The molecule has 0 spiro atoms. The number of hydrogen-bond donors (Lipinski definition) is 1. The highest BCUT2D eigenvalue weighted by Crippen LogP contribution is 2.12. The number of carbonyl (C=O) groups is 1. The Hall–Kier alpha value is -1.17. The molecule has 0 saturated carbocycles. The molecule has 1 aromatic rings. The third-order valence-electron chi connectivity index (χ3n) is 3.52. The Bertz CT molecular complexity index is 478. The Kier molecular flexibility index (Phi) is 7.08. The van der Waals surface area contributed by atoms with Crippen molar-refractivity contribution in [3.63, 3.8) is 0 Å². The summed E-state index contributed by atoms with van der Waals surface area (Å²) in [5.74, 6) is -0.0980. The van der Waals surface area contributed by atoms with Crippen LogP contribution in [-0.2, 0) is 11.3 Å². The zero-order valence-corrected chi connectivity index (χ0v) is 13.4. The lowest BCUT2D eigenvalue weighted by Crippen LogP contribution is -2.49. The lowest BCUT2D eigenvalue weighted by atomic mass is 10.1. The first-order chi connectivity index (χ1) is 9.56. The number of rotatable bonds is 4. The summed E-state index contributed by atoms with van der Waals surface area (Å²) in [6.45, 7) is 5.93. The maximum atomic E-state index is 13.7. The van der Waals surface area contributed by atoms with E-state index in [1.54, 1.807) is 6.07 Å². The van der Waals surface area contributed by atoms with Crippen molar-refractivity contribution in [1.29, 1.82) is 0 Å². The molecule has 1 heterocycles. The van der Waals surface area contributed by atoms with Crippen LogP contribution in [0.4, 0.5) is 4.39 Å². The lowest BCUT2D eigenvalue weighted by molar-refractivity contribution is -0.132. The highest BCUT2D eigenvalue weighted by molar-refractivity contribution is 5.85. The average Bonchev–Trinajstić information content (AvgIpc) is 2.43. The highest BCUT2D eigenvalue weighted by atomic mass is 35.5. The van der Waals surface area contributed by atoms with E-state index in [4.69, 9.17) is 0 Å². The van der Waals surface area contributed by atoms with Crippen LogP contribution in [0.5, 0.6) is 0 Å². The third-order valence-corrected chi connectivity index (χ3v) is 3.52. The molecule has 0 bridgehead atoms. The van der Waals surface area contributed by atoms with Crippen LogP contribution in [0, 0.1) is 12.7 Å². The Balaban J connectivity index is 0.00000220. The molecule has 0 unspecified atom stereocenters. The molecule has 1 N–H and O–H groups in total. The molecule has 1 aromatic carbocycles. The number of carbonyl (C=O) groups excluding carboxylic acids is 1. The van der Waals surface area contributed by atoms with E-state index >= 15 is 0 Å². The van der Waals surface area contributed by atoms with Crippen molar-refractivity contribution in [1.82, 2.24) is 15.1 Å². The van der Waals surface area contributed by atoms with Gasteiger partial charge in [-0.1, -0.05) is 17.7 Å². The number of aryl methyl sites for hydroxylation is 1. The monoisotopic (exact) mass is 315 g/mol. The average molecular weight is 316 g/mol. The Morgan fingerprint density at radius 1 is 1.38 bits per heavy atom. The summed E-state index contributed by atoms with van der Waals surface area (Å²) in [6, 6.07) is 5.07. The van der Waals surface area contributed by atoms with Crippen LogP contribution in [-0.4, -0.2) is 55.5 Å². The van der Waals surface area contributed by atoms with Crippen molar-refractivity contribution >= 4 is 18.3 Å². The van der Waals surface area contributed by atoms with Gasteiger partial charge in [0.15, 0.2) is 0 Å². The number of amides is 1. The van der Waals surface area contributed by atoms with Crippen LogP contribution >= 0.6 is 12.4 Å². The predicted molar refractivity (Wildman–Crippen MR) is 84.2 cm³/mol. The molecule has 0 aliphatic carbocycles. The number of piperazine rings is 1. The molecule has 1 fully saturated rings. The van der Waals surface area contributed by atoms with Crippen molar-refractivity contribution in [3.8, 4) is 0 Å². The van der Waals surface area contributed by atoms with Crippen LogP contribution in [0.25, 0.3) is 0 Å². The first-order valence-electron chi connectivity index (χ1n) is 6.98. The molecule has 1 saturated heterocycles. The van der Waals surface area contributed by atoms with E-state index in [-0.39, 0.29) is 24.1 Å². The molecule has 1 aliphatic rings. The molecule has 0 atom stereocenters. The minimum absolute atomic E-state index is 0. The first kappa shape index (κ1) is 17.9. The van der Waals surface area contributed by atoms with Crippen molar-refractivity contribution in [3.05, 3.63) is 35.1 Å². The summed E-state index contributed by atoms with van der Waals surface area (Å²) in [5.41, 5.74) is 1.67. The second-order valence-corrected chi connectivity index (χ2v) is 5.40. The molecule has 6 heteroatoms. The van der Waals surface area contributed by atoms with Crippen molar-refractivity contribution in [2.24, 2.45) is 0 Å². The number of likely N-dealkylation sites (N-methyl/N-ethyl adjacent to an activating group) is 1. The van der Waals surface area contributed by atoms with E-state index in [0.29, 0.717) is 18.7 Å². The molecule has 118 valence electrons. The normalized spacial score (nSPS) is 15.0. The molecule has 0 aromatic heterocycles. The summed E-state index contributed by atoms with van der Waals surface area (Å²) >= 11 is 0. The predicted octanol–water partition coefficient (Wildman–Crippen LogP) is 1.42. The summed E-state index contributed by atoms with van der Waals surface area (Å²) in [6.07, 6.45) is 0. The third kappa shape index (κ3) is 5.26. The second kappa shape index (κ2) is 8.32. The highest BCUT2D eigenvalue weighted by Gasteiger charge is 2.18. The topological polar surface area (TPSA) is 35.6 Å². The number of benzene rings is 1. The number of halogens is 2. The fraction of sp³-hybridized carbons (Fsp3) is 0.533. The van der Waals surface area contributed by atoms with Crippen LogP contribution in [0.15, 0.2) is 18.2 Å². The molecule has 0 radical (unpaired) electrons. The van der Waals surface area contributed by atoms with Gasteiger partial charge in [-0.15, -0.1) is 12.4 Å². The standard InChI is InChI=1S/C15H22FN3O.ClH/c1-12-3-4-14(16)13(9-12)10-18(2)11-15(20)19-7-5-17-6-8-19;/h3-4,9,17H,5-8,10-11H2,1-2H3;1H. The van der Waals surface area contributed by atoms with Gasteiger partial charge >= 0.3 is 0 Å². The van der Waals surface area contributed by atoms with Crippen LogP contribution < -0.4 is 5.32 Å². The number of nitrogens with one attached hydrogen (secondary N) is 1. The van der Waals surface area contributed by atoms with Crippen molar-refractivity contribution in [2.45, 2.75) is 13.5 Å². The molecule has 21 heavy (non-hydrogen) atoms. The van der Waals surface area contributed by atoms with Gasteiger partial charge in [-0.2, -0.15) is 0 Å². The maximum absolute atomic E-state index is 13.7. The molecular formula is C15H23ClFN3O. The van der Waals surface area contributed by atoms with E-state index < -0.39 is 0 Å². The summed E-state index contributed by atoms with van der Waals surface area (Å²) < 4.78 is 13.7. The SMILES string of the molecule is Cc1ccc(F)c(CN(C)CC(=O)N2CCNCC2)c1.Cl. The quantitative estimate of drug-likeness (QED) is 0.913. The van der Waals surface area contributed by atoms with Crippen molar-refractivity contribution < 1.29 is 9.18 Å². The minimum Gasteiger partial charge on any atom is -0.339 e. The fourth-order valence-corrected chi connectivity index (χ4v) is 2.42. The lowest BCUT2D eigenvalue weighted by Gasteiger charge is -2.29. The molecular weight excluding hydrogens is 293 g/mol. The Morgan fingerprint density at radius 3 is 2.71 bits per heavy atom. The van der Waals surface area contributed by atoms with E-state index in [1.807, 2.05) is 29.8 Å². The van der Waals surface area contributed by atoms with Crippen molar-refractivity contribution in [2.75, 3.05) is 39.8 Å². The van der Waals surface area contributed by atoms with Gasteiger partial charge in [-0.05, 0) is 20.0 Å². The summed E-state index contributed by atoms with van der Waals surface area (Å²) in [5, 5.41) is 3.22. The van der Waals surface area contributed by atoms with Gasteiger partial charge in [0.25, 0.3) is 0 Å². The Labute approximate surface area is 131 Å². The summed E-state index contributed by atoms with van der Waals surface area (Å²) in [4.78, 5) is 15.8. The van der Waals surface area contributed by atoms with Crippen LogP contribution in [0.1, 0.15) is 11.1 Å². The Morgan fingerprint density at radius 2 is 2.05 bits per heavy atom. The largest absolute Gasteiger partial charge is 0.339 e. The molecule has 1 aliphatic heterocycles. The van der Waals surface area contributed by atoms with Crippen LogP contribution in [0.3, 0.4) is 0 Å². The van der Waals surface area contributed by atoms with Gasteiger partial charge in [0, 0.05) is 38.3 Å². The van der Waals surface area contributed by atoms with Gasteiger partial charge < -0.3 is 10.2 Å². The minimum atomic E-state index is -0.211. The van der Waals surface area contributed by atoms with Crippen LogP contribution in [0.2, 0.25) is 0 Å². The first-order valence-corrected chi connectivity index (χ1v) is 6.98. The number of nitrogens with zero attached hydrogens (tertiary/aromatic N) is 2. The zero-order chi connectivity index (χ0) is 14.5. The van der Waals surface area contributed by atoms with E-state index in [1.165, 1.54) is 6.07 Å². The zero-order valence-electron chi connectivity index (χ0n) is 12.6. The van der Waals surface area contributed by atoms with E-state index in [9.17, 15) is 9.18 Å². The smallest absolute Gasteiger partial charge is 0.236 e. The van der Waals surface area contributed by atoms with Gasteiger partial charge in [-0.25, -0.2) is 4.39 Å². The van der Waals surface area contributed by atoms with Gasteiger partial charge in [0.05, 0.1) is 6.54 Å². The molecule has 1 amide bonds. The van der Waals surface area contributed by atoms with Gasteiger partial charge in [0.2, 0.25) is 5.91 Å². The van der Waals surface area contributed by atoms with E-state index in [0.717, 1.165) is 31.7 Å². The second-order valence-electron chi connectivity index (χ2n) is 5.40. The fourth-order valence-electron chi connectivity index (χ4n) is 2.42. The molecule has 4 nitrogen and oxygen atoms in total. The molecule has 2 rings (SSSR count). The number of hydrogen-bond acceptors (Lipinski definition) is 3. The van der Waals surface area contributed by atoms with Gasteiger partial charge in [-0.3, -0.25) is 9.69 Å². The van der Waals surface area contributed by atoms with Gasteiger partial charge in [0.1, 0.15) is 5.82 Å².